The number of rotatable bonds is 3. The fraction of sp³-hybridized carbons (Fsp3) is 0.0667. The Morgan fingerprint density at radius 2 is 2.11 bits per heavy atom. The average Bonchev–Trinajstić information content (AvgIpc) is 2.37. The molecule has 0 radical (unpaired) electrons. The van der Waals surface area contributed by atoms with Gasteiger partial charge in [0.05, 0.1) is 11.4 Å². The fourth-order valence-corrected chi connectivity index (χ4v) is 1.66. The van der Waals surface area contributed by atoms with Gasteiger partial charge in [0.25, 0.3) is 0 Å². The van der Waals surface area contributed by atoms with E-state index in [1.165, 1.54) is 0 Å². The molecule has 2 aromatic rings. The first-order valence-corrected chi connectivity index (χ1v) is 5.71. The van der Waals surface area contributed by atoms with E-state index in [-0.39, 0.29) is 0 Å². The largest absolute Gasteiger partial charge is 0.398 e. The van der Waals surface area contributed by atoms with Crippen LogP contribution in [0.25, 0.3) is 6.08 Å². The summed E-state index contributed by atoms with van der Waals surface area (Å²) in [6, 6.07) is 11.4. The summed E-state index contributed by atoms with van der Waals surface area (Å²) in [5.74, 6) is 0. The Bertz CT molecular complexity index is 586. The van der Waals surface area contributed by atoms with Gasteiger partial charge in [0.15, 0.2) is 0 Å². The zero-order valence-electron chi connectivity index (χ0n) is 10.2. The average molecular weight is 237 g/mol. The number of aromatic nitrogens is 1. The molecule has 3 heteroatoms. The molecule has 1 aromatic carbocycles. The van der Waals surface area contributed by atoms with Crippen molar-refractivity contribution in [3.05, 3.63) is 65.5 Å². The summed E-state index contributed by atoms with van der Waals surface area (Å²) >= 11 is 0. The number of hydrogen-bond acceptors (Lipinski definition) is 3. The van der Waals surface area contributed by atoms with Crippen molar-refractivity contribution in [2.45, 2.75) is 6.92 Å². The Morgan fingerprint density at radius 3 is 2.78 bits per heavy atom. The highest BCUT2D eigenvalue weighted by atomic mass is 14.6. The smallest absolute Gasteiger partial charge is 0.0633 e. The topological polar surface area (TPSA) is 62.8 Å². The lowest BCUT2D eigenvalue weighted by atomic mass is 10.0. The third kappa shape index (κ3) is 2.83. The number of allylic oxidation sites excluding steroid dienone is 1. The van der Waals surface area contributed by atoms with Crippen molar-refractivity contribution in [1.29, 1.82) is 5.41 Å². The molecule has 1 aromatic heterocycles. The summed E-state index contributed by atoms with van der Waals surface area (Å²) < 4.78 is 0. The number of aryl methyl sites for hydroxylation is 1. The van der Waals surface area contributed by atoms with E-state index in [4.69, 9.17) is 11.1 Å². The van der Waals surface area contributed by atoms with Crippen LogP contribution in [0.5, 0.6) is 0 Å². The number of nitrogens with two attached hydrogens (primary N) is 1. The third-order valence-corrected chi connectivity index (χ3v) is 2.61. The first kappa shape index (κ1) is 12.0. The van der Waals surface area contributed by atoms with E-state index < -0.39 is 0 Å². The van der Waals surface area contributed by atoms with Gasteiger partial charge in [-0.05, 0) is 42.8 Å². The number of nitrogens with one attached hydrogen (secondary N) is 1. The molecule has 90 valence electrons. The molecular weight excluding hydrogens is 222 g/mol. The summed E-state index contributed by atoms with van der Waals surface area (Å²) in [7, 11) is 0. The van der Waals surface area contributed by atoms with Crippen molar-refractivity contribution in [2.75, 3.05) is 5.73 Å². The van der Waals surface area contributed by atoms with Crippen molar-refractivity contribution in [2.24, 2.45) is 0 Å². The molecular formula is C15H15N3. The van der Waals surface area contributed by atoms with E-state index in [1.807, 2.05) is 49.4 Å². The summed E-state index contributed by atoms with van der Waals surface area (Å²) in [6.07, 6.45) is 5.24. The first-order chi connectivity index (χ1) is 8.66. The van der Waals surface area contributed by atoms with Crippen LogP contribution in [-0.2, 0) is 0 Å². The van der Waals surface area contributed by atoms with Gasteiger partial charge in [-0.1, -0.05) is 18.2 Å². The summed E-state index contributed by atoms with van der Waals surface area (Å²) in [5, 5.41) is 8.00. The minimum absolute atomic E-state index is 0.387. The molecule has 0 aliphatic rings. The second-order valence-electron chi connectivity index (χ2n) is 4.09. The third-order valence-electron chi connectivity index (χ3n) is 2.61. The van der Waals surface area contributed by atoms with Gasteiger partial charge in [0, 0.05) is 17.4 Å². The van der Waals surface area contributed by atoms with Crippen LogP contribution >= 0.6 is 0 Å². The van der Waals surface area contributed by atoms with Crippen molar-refractivity contribution >= 4 is 17.5 Å². The number of benzene rings is 1. The molecule has 0 saturated carbocycles. The van der Waals surface area contributed by atoms with E-state index in [9.17, 15) is 0 Å². The zero-order valence-corrected chi connectivity index (χ0v) is 10.2. The molecule has 0 saturated heterocycles. The van der Waals surface area contributed by atoms with Gasteiger partial charge in [-0.25, -0.2) is 0 Å². The Hall–Kier alpha value is -2.42. The van der Waals surface area contributed by atoms with E-state index in [1.54, 1.807) is 12.3 Å². The molecule has 2 rings (SSSR count). The van der Waals surface area contributed by atoms with Crippen molar-refractivity contribution in [1.82, 2.24) is 4.98 Å². The van der Waals surface area contributed by atoms with Crippen LogP contribution in [0.4, 0.5) is 5.69 Å². The van der Waals surface area contributed by atoms with Gasteiger partial charge in [-0.15, -0.1) is 0 Å². The van der Waals surface area contributed by atoms with Crippen molar-refractivity contribution in [3.8, 4) is 0 Å². The van der Waals surface area contributed by atoms with E-state index in [0.29, 0.717) is 11.4 Å². The number of nitrogens with zero attached hydrogens (tertiary/aromatic N) is 1. The van der Waals surface area contributed by atoms with Crippen molar-refractivity contribution in [3.63, 3.8) is 0 Å². The van der Waals surface area contributed by atoms with Crippen LogP contribution in [0.1, 0.15) is 16.8 Å². The standard InChI is InChI=1S/C15H15N3/c1-11-5-7-13(15(17)10-11)14(16)8-6-12-4-2-3-9-18-12/h2-10,16H,17H2,1H3/b8-6+,16-14?. The van der Waals surface area contributed by atoms with Gasteiger partial charge in [-0.2, -0.15) is 0 Å². The molecule has 3 N–H and O–H groups in total. The summed E-state index contributed by atoms with van der Waals surface area (Å²) in [5.41, 5.74) is 9.58. The maximum Gasteiger partial charge on any atom is 0.0633 e. The lowest BCUT2D eigenvalue weighted by Crippen LogP contribution is -2.01. The molecule has 0 amide bonds. The molecule has 0 bridgehead atoms. The normalized spacial score (nSPS) is 10.7. The molecule has 0 spiro atoms. The van der Waals surface area contributed by atoms with Crippen LogP contribution in [0.3, 0.4) is 0 Å². The highest BCUT2D eigenvalue weighted by molar-refractivity contribution is 6.11. The van der Waals surface area contributed by atoms with Gasteiger partial charge in [-0.3, -0.25) is 4.98 Å². The summed E-state index contributed by atoms with van der Waals surface area (Å²) in [6.45, 7) is 1.98. The summed E-state index contributed by atoms with van der Waals surface area (Å²) in [4.78, 5) is 4.17. The molecule has 1 heterocycles. The highest BCUT2D eigenvalue weighted by Gasteiger charge is 2.02. The van der Waals surface area contributed by atoms with E-state index in [2.05, 4.69) is 4.98 Å². The van der Waals surface area contributed by atoms with Crippen LogP contribution in [-0.4, -0.2) is 10.7 Å². The van der Waals surface area contributed by atoms with Crippen LogP contribution in [0, 0.1) is 12.3 Å². The Kier molecular flexibility index (Phi) is 3.53. The Morgan fingerprint density at radius 1 is 1.28 bits per heavy atom. The SMILES string of the molecule is Cc1ccc(C(=N)/C=C/c2ccccn2)c(N)c1. The second kappa shape index (κ2) is 5.27. The van der Waals surface area contributed by atoms with Gasteiger partial charge < -0.3 is 11.1 Å². The van der Waals surface area contributed by atoms with E-state index >= 15 is 0 Å². The van der Waals surface area contributed by atoms with Gasteiger partial charge in [0.2, 0.25) is 0 Å². The zero-order chi connectivity index (χ0) is 13.0. The predicted molar refractivity (Wildman–Crippen MR) is 75.7 cm³/mol. The molecule has 0 atom stereocenters. The molecule has 0 aliphatic heterocycles. The minimum atomic E-state index is 0.387. The maximum absolute atomic E-state index is 8.00. The van der Waals surface area contributed by atoms with E-state index in [0.717, 1.165) is 16.8 Å². The highest BCUT2D eigenvalue weighted by Crippen LogP contribution is 2.15. The molecule has 0 fully saturated rings. The van der Waals surface area contributed by atoms with Crippen LogP contribution < -0.4 is 5.73 Å². The number of pyridine rings is 1. The monoisotopic (exact) mass is 237 g/mol. The minimum Gasteiger partial charge on any atom is -0.398 e. The maximum atomic E-state index is 8.00. The first-order valence-electron chi connectivity index (χ1n) is 5.71. The number of nitrogen functional groups attached to an aromatic ring is 1. The van der Waals surface area contributed by atoms with Crippen LogP contribution in [0.2, 0.25) is 0 Å². The molecule has 3 nitrogen and oxygen atoms in total. The Balaban J connectivity index is 2.20. The van der Waals surface area contributed by atoms with Gasteiger partial charge in [0.1, 0.15) is 0 Å². The lowest BCUT2D eigenvalue weighted by molar-refractivity contribution is 1.30. The number of anilines is 1. The number of hydrogen-bond donors (Lipinski definition) is 2. The molecule has 0 unspecified atom stereocenters. The van der Waals surface area contributed by atoms with Crippen LogP contribution in [0.15, 0.2) is 48.7 Å². The molecule has 0 aliphatic carbocycles. The fourth-order valence-electron chi connectivity index (χ4n) is 1.66. The lowest BCUT2D eigenvalue weighted by Gasteiger charge is -2.04. The second-order valence-corrected chi connectivity index (χ2v) is 4.09. The van der Waals surface area contributed by atoms with Crippen molar-refractivity contribution < 1.29 is 0 Å². The molecule has 18 heavy (non-hydrogen) atoms. The predicted octanol–water partition coefficient (Wildman–Crippen LogP) is 3.05. The van der Waals surface area contributed by atoms with Gasteiger partial charge >= 0.3 is 0 Å². The Labute approximate surface area is 107 Å². The quantitative estimate of drug-likeness (QED) is 0.636.